The number of nitrogens with one attached hydrogen (secondary N) is 1. The zero-order chi connectivity index (χ0) is 16.0. The number of carbonyl (C=O) groups excluding carboxylic acids is 1. The molecule has 1 amide bonds. The maximum Gasteiger partial charge on any atom is 0.416 e. The second-order valence-corrected chi connectivity index (χ2v) is 6.55. The molecule has 2 saturated carbocycles. The highest BCUT2D eigenvalue weighted by Crippen LogP contribution is 2.45. The monoisotopic (exact) mass is 348 g/mol. The van der Waals surface area contributed by atoms with Crippen LogP contribution in [0.15, 0.2) is 24.3 Å². The Bertz CT molecular complexity index is 595. The molecule has 0 heterocycles. The molecule has 0 saturated heterocycles. The van der Waals surface area contributed by atoms with Crippen molar-refractivity contribution in [2.75, 3.05) is 6.54 Å². The van der Waals surface area contributed by atoms with E-state index in [1.165, 1.54) is 12.1 Å². The van der Waals surface area contributed by atoms with Crippen LogP contribution in [0.5, 0.6) is 0 Å². The SMILES string of the molecule is Cl.NC1(C(=O)NCC2(c3cccc(C(F)(F)F)c3)CCC2)CC1. The Labute approximate surface area is 139 Å². The molecule has 7 heteroatoms. The molecule has 0 atom stereocenters. The number of alkyl halides is 3. The third-order valence-corrected chi connectivity index (χ3v) is 4.94. The van der Waals surface area contributed by atoms with Crippen molar-refractivity contribution in [2.24, 2.45) is 5.73 Å². The Balaban J connectivity index is 0.00000192. The van der Waals surface area contributed by atoms with Gasteiger partial charge < -0.3 is 11.1 Å². The van der Waals surface area contributed by atoms with Crippen LogP contribution in [-0.4, -0.2) is 18.0 Å². The second kappa shape index (κ2) is 5.98. The van der Waals surface area contributed by atoms with E-state index in [0.29, 0.717) is 24.9 Å². The molecule has 2 aliphatic carbocycles. The smallest absolute Gasteiger partial charge is 0.354 e. The summed E-state index contributed by atoms with van der Waals surface area (Å²) in [4.78, 5) is 12.0. The molecular formula is C16H20ClF3N2O. The first-order valence-corrected chi connectivity index (χ1v) is 7.50. The average Bonchev–Trinajstić information content (AvgIpc) is 3.16. The molecule has 0 aromatic heterocycles. The summed E-state index contributed by atoms with van der Waals surface area (Å²) in [5.74, 6) is -0.189. The van der Waals surface area contributed by atoms with Gasteiger partial charge in [0.25, 0.3) is 0 Å². The van der Waals surface area contributed by atoms with E-state index in [-0.39, 0.29) is 23.7 Å². The number of halogens is 4. The molecule has 23 heavy (non-hydrogen) atoms. The first-order valence-electron chi connectivity index (χ1n) is 7.50. The fraction of sp³-hybridized carbons (Fsp3) is 0.562. The lowest BCUT2D eigenvalue weighted by Gasteiger charge is -2.43. The molecule has 3 N–H and O–H groups in total. The summed E-state index contributed by atoms with van der Waals surface area (Å²) in [6.45, 7) is 0.353. The molecule has 0 unspecified atom stereocenters. The number of nitrogens with two attached hydrogens (primary N) is 1. The molecule has 1 aromatic rings. The Morgan fingerprint density at radius 1 is 1.22 bits per heavy atom. The van der Waals surface area contributed by atoms with Crippen molar-refractivity contribution >= 4 is 18.3 Å². The van der Waals surface area contributed by atoms with Crippen molar-refractivity contribution in [3.63, 3.8) is 0 Å². The van der Waals surface area contributed by atoms with Gasteiger partial charge >= 0.3 is 6.18 Å². The van der Waals surface area contributed by atoms with Crippen LogP contribution in [0, 0.1) is 0 Å². The van der Waals surface area contributed by atoms with E-state index >= 15 is 0 Å². The van der Waals surface area contributed by atoms with Crippen molar-refractivity contribution in [1.82, 2.24) is 5.32 Å². The minimum atomic E-state index is -4.35. The fourth-order valence-electron chi connectivity index (χ4n) is 2.98. The first-order chi connectivity index (χ1) is 10.3. The van der Waals surface area contributed by atoms with Crippen molar-refractivity contribution in [2.45, 2.75) is 49.2 Å². The number of carbonyl (C=O) groups is 1. The van der Waals surface area contributed by atoms with Gasteiger partial charge in [-0.2, -0.15) is 13.2 Å². The number of benzene rings is 1. The number of amides is 1. The van der Waals surface area contributed by atoms with Crippen molar-refractivity contribution in [3.8, 4) is 0 Å². The highest BCUT2D eigenvalue weighted by Gasteiger charge is 2.47. The van der Waals surface area contributed by atoms with Gasteiger partial charge in [-0.3, -0.25) is 4.79 Å². The van der Waals surface area contributed by atoms with Crippen molar-refractivity contribution < 1.29 is 18.0 Å². The standard InChI is InChI=1S/C16H19F3N2O.ClH/c17-16(18,19)12-4-1-3-11(9-12)14(5-2-6-14)10-21-13(22)15(20)7-8-15;/h1,3-4,9H,2,5-8,10,20H2,(H,21,22);1H. The Morgan fingerprint density at radius 3 is 2.35 bits per heavy atom. The van der Waals surface area contributed by atoms with E-state index in [1.54, 1.807) is 6.07 Å². The van der Waals surface area contributed by atoms with Gasteiger partial charge in [-0.25, -0.2) is 0 Å². The highest BCUT2D eigenvalue weighted by atomic mass is 35.5. The van der Waals surface area contributed by atoms with Crippen LogP contribution in [-0.2, 0) is 16.4 Å². The first kappa shape index (κ1) is 18.1. The van der Waals surface area contributed by atoms with Crippen LogP contribution in [0.3, 0.4) is 0 Å². The van der Waals surface area contributed by atoms with Crippen LogP contribution in [0.2, 0.25) is 0 Å². The van der Waals surface area contributed by atoms with E-state index in [4.69, 9.17) is 5.73 Å². The van der Waals surface area contributed by atoms with Gasteiger partial charge in [0.05, 0.1) is 11.1 Å². The predicted molar refractivity (Wildman–Crippen MR) is 83.4 cm³/mol. The third kappa shape index (κ3) is 3.48. The van der Waals surface area contributed by atoms with Crippen LogP contribution in [0.1, 0.15) is 43.2 Å². The van der Waals surface area contributed by atoms with Gasteiger partial charge in [-0.15, -0.1) is 12.4 Å². The van der Waals surface area contributed by atoms with Gasteiger partial charge in [-0.05, 0) is 37.3 Å². The molecule has 0 aliphatic heterocycles. The Morgan fingerprint density at radius 2 is 1.87 bits per heavy atom. The van der Waals surface area contributed by atoms with Crippen LogP contribution in [0.4, 0.5) is 13.2 Å². The lowest BCUT2D eigenvalue weighted by Crippen LogP contribution is -2.50. The summed E-state index contributed by atoms with van der Waals surface area (Å²) in [5, 5.41) is 2.84. The summed E-state index contributed by atoms with van der Waals surface area (Å²) >= 11 is 0. The summed E-state index contributed by atoms with van der Waals surface area (Å²) in [7, 11) is 0. The molecule has 2 fully saturated rings. The van der Waals surface area contributed by atoms with Gasteiger partial charge in [-0.1, -0.05) is 24.6 Å². The molecule has 1 aromatic carbocycles. The number of rotatable bonds is 4. The van der Waals surface area contributed by atoms with E-state index in [0.717, 1.165) is 25.3 Å². The third-order valence-electron chi connectivity index (χ3n) is 4.94. The lowest BCUT2D eigenvalue weighted by molar-refractivity contribution is -0.137. The zero-order valence-corrected chi connectivity index (χ0v) is 13.4. The molecular weight excluding hydrogens is 329 g/mol. The largest absolute Gasteiger partial charge is 0.416 e. The molecule has 3 rings (SSSR count). The maximum atomic E-state index is 12.9. The van der Waals surface area contributed by atoms with E-state index in [2.05, 4.69) is 5.32 Å². The van der Waals surface area contributed by atoms with E-state index < -0.39 is 17.3 Å². The van der Waals surface area contributed by atoms with Crippen LogP contribution < -0.4 is 11.1 Å². The Hall–Kier alpha value is -1.27. The van der Waals surface area contributed by atoms with Crippen molar-refractivity contribution in [3.05, 3.63) is 35.4 Å². The topological polar surface area (TPSA) is 55.1 Å². The van der Waals surface area contributed by atoms with E-state index in [1.807, 2.05) is 0 Å². The summed E-state index contributed by atoms with van der Waals surface area (Å²) in [6, 6.07) is 5.44. The summed E-state index contributed by atoms with van der Waals surface area (Å²) in [6.07, 6.45) is -0.470. The minimum Gasteiger partial charge on any atom is -0.354 e. The Kier molecular flexibility index (Phi) is 4.70. The van der Waals surface area contributed by atoms with Gasteiger partial charge in [0, 0.05) is 12.0 Å². The van der Waals surface area contributed by atoms with Crippen molar-refractivity contribution in [1.29, 1.82) is 0 Å². The molecule has 128 valence electrons. The van der Waals surface area contributed by atoms with Crippen LogP contribution in [0.25, 0.3) is 0 Å². The fourth-order valence-corrected chi connectivity index (χ4v) is 2.98. The molecule has 2 aliphatic rings. The zero-order valence-electron chi connectivity index (χ0n) is 12.6. The average molecular weight is 349 g/mol. The van der Waals surface area contributed by atoms with Gasteiger partial charge in [0.1, 0.15) is 0 Å². The number of hydrogen-bond donors (Lipinski definition) is 2. The molecule has 0 bridgehead atoms. The van der Waals surface area contributed by atoms with Crippen LogP contribution >= 0.6 is 12.4 Å². The summed E-state index contributed by atoms with van der Waals surface area (Å²) < 4.78 is 38.6. The van der Waals surface area contributed by atoms with E-state index in [9.17, 15) is 18.0 Å². The highest BCUT2D eigenvalue weighted by molar-refractivity contribution is 5.89. The normalized spacial score (nSPS) is 20.9. The molecule has 0 radical (unpaired) electrons. The minimum absolute atomic E-state index is 0. The summed E-state index contributed by atoms with van der Waals surface area (Å²) in [5.41, 5.74) is 4.71. The quantitative estimate of drug-likeness (QED) is 0.878. The van der Waals surface area contributed by atoms with Gasteiger partial charge in [0.15, 0.2) is 0 Å². The number of hydrogen-bond acceptors (Lipinski definition) is 2. The molecule has 0 spiro atoms. The lowest BCUT2D eigenvalue weighted by atomic mass is 9.64. The second-order valence-electron chi connectivity index (χ2n) is 6.55. The van der Waals surface area contributed by atoms with Gasteiger partial charge in [0.2, 0.25) is 5.91 Å². The maximum absolute atomic E-state index is 12.9. The predicted octanol–water partition coefficient (Wildman–Crippen LogP) is 3.16. The molecule has 3 nitrogen and oxygen atoms in total.